The number of carbonyl (C=O) groups excluding carboxylic acids is 3. The highest BCUT2D eigenvalue weighted by molar-refractivity contribution is 6.19. The maximum Gasteiger partial charge on any atom is 0.328 e. The highest BCUT2D eigenvalue weighted by Crippen LogP contribution is 2.30. The Balaban J connectivity index is 3.05. The molecule has 1 fully saturated rings. The van der Waals surface area contributed by atoms with Crippen LogP contribution in [0.15, 0.2) is 24.8 Å². The number of imide groups is 2. The van der Waals surface area contributed by atoms with Crippen LogP contribution in [-0.4, -0.2) is 17.8 Å². The Bertz CT molecular complexity index is 351. The molecule has 0 radical (unpaired) electrons. The van der Waals surface area contributed by atoms with E-state index < -0.39 is 23.3 Å². The summed E-state index contributed by atoms with van der Waals surface area (Å²) in [6, 6.07) is -0.768. The summed E-state index contributed by atoms with van der Waals surface area (Å²) in [5, 5.41) is 4.21. The Labute approximate surface area is 93.6 Å². The van der Waals surface area contributed by atoms with Gasteiger partial charge in [-0.05, 0) is 19.8 Å². The highest BCUT2D eigenvalue weighted by Gasteiger charge is 2.48. The molecule has 5 nitrogen and oxygen atoms in total. The van der Waals surface area contributed by atoms with E-state index in [2.05, 4.69) is 17.2 Å². The third-order valence-corrected chi connectivity index (χ3v) is 2.52. The van der Waals surface area contributed by atoms with E-state index in [0.29, 0.717) is 0 Å². The van der Waals surface area contributed by atoms with E-state index in [1.807, 2.05) is 0 Å². The number of carbonyl (C=O) groups is 3. The summed E-state index contributed by atoms with van der Waals surface area (Å²) in [6.07, 6.45) is 5.42. The standard InChI is InChI=1S/C11H14N2O3/c1-3-5-7-11(6-4-2)8(14)12-10(16)13-9(11)15/h3-5H,2,6-7H2,1H3,(H2,12,13,14,15,16)/b5-3+. The lowest BCUT2D eigenvalue weighted by Crippen LogP contribution is -2.62. The zero-order valence-corrected chi connectivity index (χ0v) is 9.08. The van der Waals surface area contributed by atoms with Crippen LogP contribution >= 0.6 is 0 Å². The maximum atomic E-state index is 11.8. The molecule has 1 rings (SSSR count). The zero-order valence-electron chi connectivity index (χ0n) is 9.08. The molecule has 0 aromatic rings. The molecule has 0 spiro atoms. The Hall–Kier alpha value is -1.91. The lowest BCUT2D eigenvalue weighted by Gasteiger charge is -2.32. The molecule has 0 aromatic carbocycles. The van der Waals surface area contributed by atoms with E-state index in [9.17, 15) is 14.4 Å². The van der Waals surface area contributed by atoms with Gasteiger partial charge in [0.2, 0.25) is 11.8 Å². The Morgan fingerprint density at radius 2 is 1.75 bits per heavy atom. The van der Waals surface area contributed by atoms with Crippen LogP contribution in [-0.2, 0) is 9.59 Å². The van der Waals surface area contributed by atoms with Crippen LogP contribution < -0.4 is 10.6 Å². The van der Waals surface area contributed by atoms with Crippen LogP contribution in [0, 0.1) is 5.41 Å². The fourth-order valence-electron chi connectivity index (χ4n) is 1.60. The van der Waals surface area contributed by atoms with Crippen molar-refractivity contribution in [1.29, 1.82) is 0 Å². The van der Waals surface area contributed by atoms with E-state index in [4.69, 9.17) is 0 Å². The summed E-state index contributed by atoms with van der Waals surface area (Å²) >= 11 is 0. The first-order valence-electron chi connectivity index (χ1n) is 4.95. The van der Waals surface area contributed by atoms with Gasteiger partial charge in [-0.1, -0.05) is 18.2 Å². The van der Waals surface area contributed by atoms with Crippen molar-refractivity contribution >= 4 is 17.8 Å². The lowest BCUT2D eigenvalue weighted by molar-refractivity contribution is -0.144. The third-order valence-electron chi connectivity index (χ3n) is 2.52. The second-order valence-corrected chi connectivity index (χ2v) is 3.59. The van der Waals surface area contributed by atoms with Crippen LogP contribution in [0.5, 0.6) is 0 Å². The molecular formula is C11H14N2O3. The summed E-state index contributed by atoms with van der Waals surface area (Å²) in [5.74, 6) is -1.14. The molecule has 2 N–H and O–H groups in total. The summed E-state index contributed by atoms with van der Waals surface area (Å²) in [4.78, 5) is 34.5. The molecule has 1 aliphatic heterocycles. The van der Waals surface area contributed by atoms with Gasteiger partial charge in [-0.25, -0.2) is 4.79 Å². The third kappa shape index (κ3) is 2.03. The van der Waals surface area contributed by atoms with Crippen LogP contribution in [0.4, 0.5) is 4.79 Å². The van der Waals surface area contributed by atoms with Crippen molar-refractivity contribution in [2.45, 2.75) is 19.8 Å². The van der Waals surface area contributed by atoms with Crippen LogP contribution in [0.3, 0.4) is 0 Å². The number of barbiturate groups is 1. The molecule has 0 aromatic heterocycles. The largest absolute Gasteiger partial charge is 0.328 e. The summed E-state index contributed by atoms with van der Waals surface area (Å²) in [6.45, 7) is 5.32. The van der Waals surface area contributed by atoms with Crippen molar-refractivity contribution in [3.8, 4) is 0 Å². The first-order chi connectivity index (χ1) is 7.56. The minimum atomic E-state index is -1.25. The fraction of sp³-hybridized carbons (Fsp3) is 0.364. The Morgan fingerprint density at radius 3 is 2.19 bits per heavy atom. The molecule has 5 heteroatoms. The van der Waals surface area contributed by atoms with Crippen LogP contribution in [0.25, 0.3) is 0 Å². The number of nitrogens with one attached hydrogen (secondary N) is 2. The number of urea groups is 1. The van der Waals surface area contributed by atoms with E-state index in [-0.39, 0.29) is 12.8 Å². The SMILES string of the molecule is C=CCC1(C/C=C/C)C(=O)NC(=O)NC1=O. The predicted molar refractivity (Wildman–Crippen MR) is 58.4 cm³/mol. The minimum absolute atomic E-state index is 0.197. The van der Waals surface area contributed by atoms with Crippen molar-refractivity contribution in [2.24, 2.45) is 5.41 Å². The van der Waals surface area contributed by atoms with E-state index in [1.54, 1.807) is 19.1 Å². The second kappa shape index (κ2) is 4.74. The predicted octanol–water partition coefficient (Wildman–Crippen LogP) is 0.881. The van der Waals surface area contributed by atoms with Gasteiger partial charge in [0.1, 0.15) is 5.41 Å². The first-order valence-corrected chi connectivity index (χ1v) is 4.95. The molecule has 16 heavy (non-hydrogen) atoms. The van der Waals surface area contributed by atoms with Crippen molar-refractivity contribution in [3.05, 3.63) is 24.8 Å². The fourth-order valence-corrected chi connectivity index (χ4v) is 1.60. The van der Waals surface area contributed by atoms with Gasteiger partial charge < -0.3 is 0 Å². The smallest absolute Gasteiger partial charge is 0.277 e. The molecule has 1 saturated heterocycles. The van der Waals surface area contributed by atoms with Gasteiger partial charge in [-0.2, -0.15) is 0 Å². The first kappa shape index (κ1) is 12.2. The van der Waals surface area contributed by atoms with Gasteiger partial charge in [0, 0.05) is 0 Å². The van der Waals surface area contributed by atoms with Gasteiger partial charge >= 0.3 is 6.03 Å². The van der Waals surface area contributed by atoms with E-state index >= 15 is 0 Å². The zero-order chi connectivity index (χ0) is 12.2. The van der Waals surface area contributed by atoms with Crippen LogP contribution in [0.1, 0.15) is 19.8 Å². The highest BCUT2D eigenvalue weighted by atomic mass is 16.2. The summed E-state index contributed by atoms with van der Waals surface area (Å²) in [7, 11) is 0. The van der Waals surface area contributed by atoms with Crippen molar-refractivity contribution in [1.82, 2.24) is 10.6 Å². The molecular weight excluding hydrogens is 208 g/mol. The van der Waals surface area contributed by atoms with Crippen molar-refractivity contribution in [3.63, 3.8) is 0 Å². The molecule has 1 heterocycles. The van der Waals surface area contributed by atoms with Gasteiger partial charge in [-0.15, -0.1) is 6.58 Å². The number of amides is 4. The number of rotatable bonds is 4. The van der Waals surface area contributed by atoms with Gasteiger partial charge in [0.15, 0.2) is 0 Å². The topological polar surface area (TPSA) is 75.3 Å². The molecule has 1 aliphatic rings. The summed E-state index contributed by atoms with van der Waals surface area (Å²) < 4.78 is 0. The Morgan fingerprint density at radius 1 is 1.19 bits per heavy atom. The molecule has 86 valence electrons. The average Bonchev–Trinajstić information content (AvgIpc) is 2.22. The van der Waals surface area contributed by atoms with E-state index in [0.717, 1.165) is 0 Å². The molecule has 0 bridgehead atoms. The average molecular weight is 222 g/mol. The number of hydrogen-bond donors (Lipinski definition) is 2. The minimum Gasteiger partial charge on any atom is -0.277 e. The van der Waals surface area contributed by atoms with E-state index in [1.165, 1.54) is 6.08 Å². The molecule has 0 saturated carbocycles. The van der Waals surface area contributed by atoms with Crippen molar-refractivity contribution < 1.29 is 14.4 Å². The van der Waals surface area contributed by atoms with Gasteiger partial charge in [0.05, 0.1) is 0 Å². The molecule has 0 unspecified atom stereocenters. The molecule has 0 aliphatic carbocycles. The van der Waals surface area contributed by atoms with Gasteiger partial charge in [-0.3, -0.25) is 20.2 Å². The quantitative estimate of drug-likeness (QED) is 0.547. The monoisotopic (exact) mass is 222 g/mol. The maximum absolute atomic E-state index is 11.8. The van der Waals surface area contributed by atoms with Crippen LogP contribution in [0.2, 0.25) is 0 Å². The Kier molecular flexibility index (Phi) is 3.60. The molecule has 0 atom stereocenters. The van der Waals surface area contributed by atoms with Gasteiger partial charge in [0.25, 0.3) is 0 Å². The number of allylic oxidation sites excluding steroid dienone is 3. The number of hydrogen-bond acceptors (Lipinski definition) is 3. The van der Waals surface area contributed by atoms with Crippen molar-refractivity contribution in [2.75, 3.05) is 0 Å². The second-order valence-electron chi connectivity index (χ2n) is 3.59. The normalized spacial score (nSPS) is 19.4. The lowest BCUT2D eigenvalue weighted by atomic mass is 9.78. The summed E-state index contributed by atoms with van der Waals surface area (Å²) in [5.41, 5.74) is -1.25. The molecule has 4 amide bonds.